The van der Waals surface area contributed by atoms with E-state index in [2.05, 4.69) is 26.2 Å². The van der Waals surface area contributed by atoms with Crippen LogP contribution >= 0.6 is 15.9 Å². The van der Waals surface area contributed by atoms with Crippen LogP contribution in [0.5, 0.6) is 0 Å². The molecule has 1 aromatic heterocycles. The third-order valence-electron chi connectivity index (χ3n) is 3.77. The van der Waals surface area contributed by atoms with Crippen molar-refractivity contribution in [2.45, 2.75) is 6.54 Å². The second-order valence-electron chi connectivity index (χ2n) is 5.67. The van der Waals surface area contributed by atoms with Gasteiger partial charge in [0.15, 0.2) is 0 Å². The minimum absolute atomic E-state index is 0.00962. The van der Waals surface area contributed by atoms with Gasteiger partial charge in [0, 0.05) is 23.9 Å². The minimum atomic E-state index is -0.474. The highest BCUT2D eigenvalue weighted by Gasteiger charge is 2.34. The molecule has 130 valence electrons. The quantitative estimate of drug-likeness (QED) is 0.763. The van der Waals surface area contributed by atoms with E-state index in [1.54, 1.807) is 17.0 Å². The molecule has 4 amide bonds. The van der Waals surface area contributed by atoms with Gasteiger partial charge in [0.1, 0.15) is 13.1 Å². The van der Waals surface area contributed by atoms with E-state index in [-0.39, 0.29) is 19.0 Å². The van der Waals surface area contributed by atoms with Crippen LogP contribution in [0.1, 0.15) is 5.56 Å². The number of carbonyl (C=O) groups is 3. The Kier molecular flexibility index (Phi) is 4.84. The lowest BCUT2D eigenvalue weighted by Crippen LogP contribution is -2.38. The van der Waals surface area contributed by atoms with Crippen LogP contribution < -0.4 is 5.32 Å². The highest BCUT2D eigenvalue weighted by atomic mass is 79.9. The van der Waals surface area contributed by atoms with Crippen LogP contribution in [-0.2, 0) is 16.1 Å². The topological polar surface area (TPSA) is 87.5 Å². The molecule has 0 bridgehead atoms. The molecule has 8 nitrogen and oxygen atoms in total. The fourth-order valence-electron chi connectivity index (χ4n) is 2.48. The van der Waals surface area contributed by atoms with E-state index >= 15 is 0 Å². The van der Waals surface area contributed by atoms with Gasteiger partial charge in [-0.05, 0) is 17.7 Å². The van der Waals surface area contributed by atoms with E-state index in [0.717, 1.165) is 14.9 Å². The first-order chi connectivity index (χ1) is 11.9. The average molecular weight is 406 g/mol. The summed E-state index contributed by atoms with van der Waals surface area (Å²) in [6.07, 6.45) is 3.33. The van der Waals surface area contributed by atoms with Crippen molar-refractivity contribution >= 4 is 39.7 Å². The Balaban J connectivity index is 1.64. The number of anilines is 1. The Morgan fingerprint density at radius 1 is 1.28 bits per heavy atom. The molecule has 0 radical (unpaired) electrons. The SMILES string of the molecule is CN1CC(=O)N(CC(=O)Nc2nccn2Cc2ccc(Br)cc2)C1=O. The molecule has 2 aromatic rings. The number of nitrogens with one attached hydrogen (secondary N) is 1. The molecule has 3 rings (SSSR count). The maximum Gasteiger partial charge on any atom is 0.327 e. The number of benzene rings is 1. The number of amides is 4. The number of likely N-dealkylation sites (N-methyl/N-ethyl adjacent to an activating group) is 1. The molecule has 1 N–H and O–H groups in total. The number of aromatic nitrogens is 2. The van der Waals surface area contributed by atoms with Gasteiger partial charge >= 0.3 is 6.03 Å². The summed E-state index contributed by atoms with van der Waals surface area (Å²) in [6, 6.07) is 7.33. The second-order valence-corrected chi connectivity index (χ2v) is 6.59. The van der Waals surface area contributed by atoms with Crippen molar-refractivity contribution in [1.29, 1.82) is 0 Å². The highest BCUT2D eigenvalue weighted by molar-refractivity contribution is 9.10. The summed E-state index contributed by atoms with van der Waals surface area (Å²) in [4.78, 5) is 42.0. The van der Waals surface area contributed by atoms with E-state index in [1.807, 2.05) is 24.3 Å². The molecule has 1 fully saturated rings. The van der Waals surface area contributed by atoms with E-state index < -0.39 is 11.9 Å². The number of nitrogens with zero attached hydrogens (tertiary/aromatic N) is 4. The Hall–Kier alpha value is -2.68. The molecule has 1 aliphatic heterocycles. The van der Waals surface area contributed by atoms with Crippen molar-refractivity contribution in [2.75, 3.05) is 25.5 Å². The predicted molar refractivity (Wildman–Crippen MR) is 93.8 cm³/mol. The lowest BCUT2D eigenvalue weighted by Gasteiger charge is -2.14. The first-order valence-corrected chi connectivity index (χ1v) is 8.34. The van der Waals surface area contributed by atoms with Crippen LogP contribution in [0.3, 0.4) is 0 Å². The Labute approximate surface area is 152 Å². The van der Waals surface area contributed by atoms with Crippen LogP contribution in [0.2, 0.25) is 0 Å². The van der Waals surface area contributed by atoms with Gasteiger partial charge in [0.05, 0.1) is 6.54 Å². The fourth-order valence-corrected chi connectivity index (χ4v) is 2.74. The minimum Gasteiger partial charge on any atom is -0.318 e. The monoisotopic (exact) mass is 405 g/mol. The zero-order valence-electron chi connectivity index (χ0n) is 13.5. The van der Waals surface area contributed by atoms with Crippen molar-refractivity contribution in [3.8, 4) is 0 Å². The smallest absolute Gasteiger partial charge is 0.318 e. The van der Waals surface area contributed by atoms with Gasteiger partial charge in [-0.25, -0.2) is 9.78 Å². The predicted octanol–water partition coefficient (Wildman–Crippen LogP) is 1.53. The van der Waals surface area contributed by atoms with E-state index in [1.165, 1.54) is 11.9 Å². The molecule has 1 aliphatic rings. The average Bonchev–Trinajstić information content (AvgIpc) is 3.09. The van der Waals surface area contributed by atoms with Crippen molar-refractivity contribution in [3.63, 3.8) is 0 Å². The number of carbonyl (C=O) groups excluding carboxylic acids is 3. The van der Waals surface area contributed by atoms with Gasteiger partial charge in [0.25, 0.3) is 5.91 Å². The zero-order chi connectivity index (χ0) is 18.0. The van der Waals surface area contributed by atoms with Crippen molar-refractivity contribution in [3.05, 3.63) is 46.7 Å². The number of imide groups is 1. The lowest BCUT2D eigenvalue weighted by molar-refractivity contribution is -0.129. The van der Waals surface area contributed by atoms with Gasteiger partial charge in [0.2, 0.25) is 11.9 Å². The number of hydrogen-bond acceptors (Lipinski definition) is 4. The maximum absolute atomic E-state index is 12.2. The first kappa shape index (κ1) is 17.2. The standard InChI is InChI=1S/C16H16BrN5O3/c1-20-10-14(24)22(16(20)25)9-13(23)19-15-18-6-7-21(15)8-11-2-4-12(17)5-3-11/h2-7H,8-10H2,1H3,(H,18,19,23). The van der Waals surface area contributed by atoms with E-state index in [0.29, 0.717) is 12.5 Å². The molecule has 0 atom stereocenters. The highest BCUT2D eigenvalue weighted by Crippen LogP contribution is 2.14. The van der Waals surface area contributed by atoms with Gasteiger partial charge in [-0.2, -0.15) is 0 Å². The summed E-state index contributed by atoms with van der Waals surface area (Å²) in [7, 11) is 1.52. The van der Waals surface area contributed by atoms with Crippen molar-refractivity contribution in [1.82, 2.24) is 19.4 Å². The molecular weight excluding hydrogens is 390 g/mol. The summed E-state index contributed by atoms with van der Waals surface area (Å²) >= 11 is 3.39. The van der Waals surface area contributed by atoms with Gasteiger partial charge in [-0.3, -0.25) is 19.8 Å². The zero-order valence-corrected chi connectivity index (χ0v) is 15.1. The van der Waals surface area contributed by atoms with Crippen LogP contribution in [-0.4, -0.2) is 57.3 Å². The van der Waals surface area contributed by atoms with Crippen LogP contribution in [0.15, 0.2) is 41.1 Å². The Morgan fingerprint density at radius 2 is 2.00 bits per heavy atom. The van der Waals surface area contributed by atoms with E-state index in [4.69, 9.17) is 0 Å². The molecule has 0 spiro atoms. The van der Waals surface area contributed by atoms with Gasteiger partial charge in [-0.15, -0.1) is 0 Å². The van der Waals surface area contributed by atoms with Crippen molar-refractivity contribution in [2.24, 2.45) is 0 Å². The van der Waals surface area contributed by atoms with E-state index in [9.17, 15) is 14.4 Å². The summed E-state index contributed by atoms with van der Waals surface area (Å²) in [5.41, 5.74) is 1.04. The van der Waals surface area contributed by atoms with Gasteiger partial charge < -0.3 is 9.47 Å². The summed E-state index contributed by atoms with van der Waals surface area (Å²) in [6.45, 7) is 0.199. The third-order valence-corrected chi connectivity index (χ3v) is 4.29. The molecule has 1 saturated heterocycles. The molecular formula is C16H16BrN5O3. The first-order valence-electron chi connectivity index (χ1n) is 7.55. The normalized spacial score (nSPS) is 14.3. The number of urea groups is 1. The van der Waals surface area contributed by atoms with Crippen LogP contribution in [0.25, 0.3) is 0 Å². The largest absolute Gasteiger partial charge is 0.327 e. The Bertz CT molecular complexity index is 817. The van der Waals surface area contributed by atoms with Crippen molar-refractivity contribution < 1.29 is 14.4 Å². The number of imidazole rings is 1. The molecule has 2 heterocycles. The van der Waals surface area contributed by atoms with Crippen LogP contribution in [0, 0.1) is 0 Å². The molecule has 0 unspecified atom stereocenters. The molecule has 0 saturated carbocycles. The number of halogens is 1. The van der Waals surface area contributed by atoms with Crippen LogP contribution in [0.4, 0.5) is 10.7 Å². The summed E-state index contributed by atoms with van der Waals surface area (Å²) < 4.78 is 2.77. The molecule has 9 heteroatoms. The summed E-state index contributed by atoms with van der Waals surface area (Å²) in [5, 5.41) is 2.64. The molecule has 1 aromatic carbocycles. The fraction of sp³-hybridized carbons (Fsp3) is 0.250. The lowest BCUT2D eigenvalue weighted by atomic mass is 10.2. The Morgan fingerprint density at radius 3 is 2.64 bits per heavy atom. The third kappa shape index (κ3) is 3.87. The number of hydrogen-bond donors (Lipinski definition) is 1. The second kappa shape index (κ2) is 7.06. The summed E-state index contributed by atoms with van der Waals surface area (Å²) in [5.74, 6) is -0.499. The molecule has 25 heavy (non-hydrogen) atoms. The molecule has 0 aliphatic carbocycles. The maximum atomic E-state index is 12.2. The van der Waals surface area contributed by atoms with Gasteiger partial charge in [-0.1, -0.05) is 28.1 Å². The number of rotatable bonds is 5.